The Morgan fingerprint density at radius 2 is 1.76 bits per heavy atom. The second-order valence-electron chi connectivity index (χ2n) is 6.00. The minimum absolute atomic E-state index is 0.0584. The molecule has 0 bridgehead atoms. The molecule has 1 atom stereocenters. The van der Waals surface area contributed by atoms with Gasteiger partial charge in [-0.2, -0.15) is 0 Å². The number of hydrogen-bond donors (Lipinski definition) is 0. The van der Waals surface area contributed by atoms with E-state index in [0.717, 1.165) is 5.56 Å². The quantitative estimate of drug-likeness (QED) is 0.627. The zero-order valence-electron chi connectivity index (χ0n) is 10.5. The summed E-state index contributed by atoms with van der Waals surface area (Å²) in [5.74, 6) is 0.181. The molecular weight excluding hydrogens is 303 g/mol. The highest BCUT2D eigenvalue weighted by atomic mass is 79.9. The van der Waals surface area contributed by atoms with Crippen molar-refractivity contribution in [3.05, 3.63) is 34.1 Å². The van der Waals surface area contributed by atoms with Crippen LogP contribution in [0.2, 0.25) is 0 Å². The lowest BCUT2D eigenvalue weighted by Crippen LogP contribution is -2.00. The highest BCUT2D eigenvalue weighted by Crippen LogP contribution is 2.73. The van der Waals surface area contributed by atoms with E-state index in [0.29, 0.717) is 10.4 Å². The van der Waals surface area contributed by atoms with E-state index in [1.54, 1.807) is 12.1 Å². The highest BCUT2D eigenvalue weighted by Gasteiger charge is 2.67. The number of hydrogen-bond acceptors (Lipinski definition) is 0. The first-order valence-corrected chi connectivity index (χ1v) is 7.01. The van der Waals surface area contributed by atoms with Crippen molar-refractivity contribution in [2.45, 2.75) is 33.1 Å². The van der Waals surface area contributed by atoms with Crippen LogP contribution in [0.4, 0.5) is 4.39 Å². The number of alkyl halides is 1. The Morgan fingerprint density at radius 3 is 2.18 bits per heavy atom. The molecule has 0 N–H and O–H groups in total. The number of rotatable bonds is 2. The molecule has 0 spiro atoms. The Balaban J connectivity index is 2.28. The third-order valence-corrected chi connectivity index (χ3v) is 5.80. The molecule has 2 rings (SSSR count). The van der Waals surface area contributed by atoms with Crippen molar-refractivity contribution in [1.29, 1.82) is 0 Å². The molecule has 1 fully saturated rings. The van der Waals surface area contributed by atoms with Gasteiger partial charge < -0.3 is 0 Å². The van der Waals surface area contributed by atoms with Gasteiger partial charge in [-0.25, -0.2) is 4.39 Å². The molecule has 17 heavy (non-hydrogen) atoms. The second-order valence-corrected chi connectivity index (χ2v) is 7.32. The zero-order valence-corrected chi connectivity index (χ0v) is 12.9. The lowest BCUT2D eigenvalue weighted by molar-refractivity contribution is 0.457. The third kappa shape index (κ3) is 1.94. The van der Waals surface area contributed by atoms with Gasteiger partial charge in [-0.05, 0) is 50.4 Å². The Hall–Kier alpha value is -0.0800. The molecule has 3 heteroatoms. The summed E-state index contributed by atoms with van der Waals surface area (Å²) in [7, 11) is 0. The van der Waals surface area contributed by atoms with Crippen LogP contribution in [-0.2, 0) is 0 Å². The van der Waals surface area contributed by atoms with Crippen molar-refractivity contribution < 1.29 is 4.39 Å². The lowest BCUT2D eigenvalue weighted by Gasteiger charge is -2.12. The Labute approximate surface area is 116 Å². The standard InChI is InChI=1S/C14H17BrClF/c1-13(2)12(14(13,3)4)11(16)8-5-6-10(17)9(15)7-8/h5-7,11-12H,1-4H3. The van der Waals surface area contributed by atoms with Crippen LogP contribution in [0.3, 0.4) is 0 Å². The molecule has 94 valence electrons. The van der Waals surface area contributed by atoms with E-state index in [1.807, 2.05) is 0 Å². The van der Waals surface area contributed by atoms with E-state index in [-0.39, 0.29) is 22.0 Å². The van der Waals surface area contributed by atoms with Crippen LogP contribution in [0, 0.1) is 22.6 Å². The zero-order chi connectivity index (χ0) is 13.0. The van der Waals surface area contributed by atoms with E-state index in [9.17, 15) is 4.39 Å². The smallest absolute Gasteiger partial charge is 0.137 e. The SMILES string of the molecule is CC1(C)C(C(Cl)c2ccc(F)c(Br)c2)C1(C)C. The van der Waals surface area contributed by atoms with Crippen LogP contribution >= 0.6 is 27.5 Å². The number of halogens is 3. The minimum Gasteiger partial charge on any atom is -0.206 e. The summed E-state index contributed by atoms with van der Waals surface area (Å²) in [5.41, 5.74) is 1.46. The highest BCUT2D eigenvalue weighted by molar-refractivity contribution is 9.10. The normalized spacial score (nSPS) is 23.5. The summed E-state index contributed by atoms with van der Waals surface area (Å²) in [6.07, 6.45) is 0. The fourth-order valence-corrected chi connectivity index (χ4v) is 4.02. The maximum Gasteiger partial charge on any atom is 0.137 e. The van der Waals surface area contributed by atoms with Crippen LogP contribution in [0.1, 0.15) is 38.6 Å². The molecule has 0 radical (unpaired) electrons. The molecule has 0 aliphatic heterocycles. The Morgan fingerprint density at radius 1 is 1.24 bits per heavy atom. The van der Waals surface area contributed by atoms with Gasteiger partial charge in [0.15, 0.2) is 0 Å². The fraction of sp³-hybridized carbons (Fsp3) is 0.571. The molecule has 1 saturated carbocycles. The summed E-state index contributed by atoms with van der Waals surface area (Å²) in [5, 5.41) is -0.0584. The molecule has 0 heterocycles. The molecule has 1 aliphatic rings. The van der Waals surface area contributed by atoms with E-state index in [1.165, 1.54) is 6.07 Å². The largest absolute Gasteiger partial charge is 0.206 e. The summed E-state index contributed by atoms with van der Waals surface area (Å²) in [4.78, 5) is 0. The molecule has 1 aliphatic carbocycles. The molecule has 0 aromatic heterocycles. The van der Waals surface area contributed by atoms with Crippen molar-refractivity contribution in [1.82, 2.24) is 0 Å². The average molecular weight is 320 g/mol. The van der Waals surface area contributed by atoms with Gasteiger partial charge in [-0.15, -0.1) is 11.6 Å². The van der Waals surface area contributed by atoms with E-state index in [4.69, 9.17) is 11.6 Å². The van der Waals surface area contributed by atoms with Crippen molar-refractivity contribution in [3.63, 3.8) is 0 Å². The predicted octanol–water partition coefficient (Wildman–Crippen LogP) is 5.55. The van der Waals surface area contributed by atoms with Gasteiger partial charge in [0, 0.05) is 0 Å². The van der Waals surface area contributed by atoms with Gasteiger partial charge in [0.2, 0.25) is 0 Å². The maximum atomic E-state index is 13.2. The van der Waals surface area contributed by atoms with Crippen LogP contribution in [-0.4, -0.2) is 0 Å². The summed E-state index contributed by atoms with van der Waals surface area (Å²) in [6.45, 7) is 8.97. The molecule has 1 unspecified atom stereocenters. The van der Waals surface area contributed by atoms with E-state index in [2.05, 4.69) is 43.6 Å². The van der Waals surface area contributed by atoms with Crippen LogP contribution in [0.25, 0.3) is 0 Å². The van der Waals surface area contributed by atoms with Crippen LogP contribution < -0.4 is 0 Å². The molecule has 0 saturated heterocycles. The summed E-state index contributed by atoms with van der Waals surface area (Å²) >= 11 is 9.76. The molecular formula is C14H17BrClF. The summed E-state index contributed by atoms with van der Waals surface area (Å²) < 4.78 is 13.7. The van der Waals surface area contributed by atoms with Gasteiger partial charge in [0.05, 0.1) is 9.85 Å². The first kappa shape index (κ1) is 13.4. The molecule has 1 aromatic carbocycles. The molecule has 0 nitrogen and oxygen atoms in total. The summed E-state index contributed by atoms with van der Waals surface area (Å²) in [6, 6.07) is 5.04. The Bertz CT molecular complexity index is 440. The van der Waals surface area contributed by atoms with Gasteiger partial charge in [-0.3, -0.25) is 0 Å². The average Bonchev–Trinajstić information content (AvgIpc) is 2.61. The van der Waals surface area contributed by atoms with Gasteiger partial charge in [-0.1, -0.05) is 33.8 Å². The maximum absolute atomic E-state index is 13.2. The molecule has 0 amide bonds. The fourth-order valence-electron chi connectivity index (χ4n) is 2.86. The third-order valence-electron chi connectivity index (χ3n) is 4.69. The predicted molar refractivity (Wildman–Crippen MR) is 73.7 cm³/mol. The van der Waals surface area contributed by atoms with Crippen molar-refractivity contribution in [2.24, 2.45) is 16.7 Å². The van der Waals surface area contributed by atoms with Crippen molar-refractivity contribution >= 4 is 27.5 Å². The van der Waals surface area contributed by atoms with E-state index < -0.39 is 0 Å². The van der Waals surface area contributed by atoms with E-state index >= 15 is 0 Å². The Kier molecular flexibility index (Phi) is 3.11. The molecule has 1 aromatic rings. The van der Waals surface area contributed by atoms with Crippen LogP contribution in [0.5, 0.6) is 0 Å². The van der Waals surface area contributed by atoms with Crippen molar-refractivity contribution in [3.8, 4) is 0 Å². The van der Waals surface area contributed by atoms with Crippen LogP contribution in [0.15, 0.2) is 22.7 Å². The van der Waals surface area contributed by atoms with Gasteiger partial charge in [0.1, 0.15) is 5.82 Å². The van der Waals surface area contributed by atoms with Gasteiger partial charge >= 0.3 is 0 Å². The second kappa shape index (κ2) is 3.96. The topological polar surface area (TPSA) is 0 Å². The van der Waals surface area contributed by atoms with Gasteiger partial charge in [0.25, 0.3) is 0 Å². The number of benzene rings is 1. The first-order valence-electron chi connectivity index (χ1n) is 5.78. The first-order chi connectivity index (χ1) is 7.69. The monoisotopic (exact) mass is 318 g/mol. The lowest BCUT2D eigenvalue weighted by atomic mass is 10.0. The minimum atomic E-state index is -0.244. The van der Waals surface area contributed by atoms with Crippen molar-refractivity contribution in [2.75, 3.05) is 0 Å².